The zero-order valence-corrected chi connectivity index (χ0v) is 20.0. The molecule has 0 bridgehead atoms. The van der Waals surface area contributed by atoms with Crippen molar-refractivity contribution >= 4 is 41.7 Å². The largest absolute Gasteiger partial charge is 0.355 e. The van der Waals surface area contributed by atoms with Crippen LogP contribution in [0.25, 0.3) is 0 Å². The first-order valence-electron chi connectivity index (χ1n) is 9.61. The van der Waals surface area contributed by atoms with Gasteiger partial charge in [-0.05, 0) is 31.8 Å². The monoisotopic (exact) mass is 496 g/mol. The summed E-state index contributed by atoms with van der Waals surface area (Å²) >= 11 is 1.87. The second-order valence-corrected chi connectivity index (χ2v) is 7.32. The van der Waals surface area contributed by atoms with Crippen LogP contribution in [-0.4, -0.2) is 51.9 Å². The fraction of sp³-hybridized carbons (Fsp3) is 0.833. The lowest BCUT2D eigenvalue weighted by Crippen LogP contribution is -2.43. The van der Waals surface area contributed by atoms with Gasteiger partial charge in [-0.25, -0.2) is 0 Å². The SMILES string of the molecule is CCCCCC(C)NC(=NCCCSC)NCCn1cnnc1CC.I. The summed E-state index contributed by atoms with van der Waals surface area (Å²) in [7, 11) is 0. The van der Waals surface area contributed by atoms with Gasteiger partial charge in [-0.1, -0.05) is 33.1 Å². The molecule has 1 atom stereocenters. The zero-order chi connectivity index (χ0) is 18.3. The van der Waals surface area contributed by atoms with Crippen LogP contribution in [0.5, 0.6) is 0 Å². The Bertz CT molecular complexity index is 480. The molecule has 0 radical (unpaired) electrons. The molecule has 0 aliphatic rings. The Labute approximate surface area is 180 Å². The minimum Gasteiger partial charge on any atom is -0.355 e. The number of nitrogens with zero attached hydrogens (tertiary/aromatic N) is 4. The molecule has 1 unspecified atom stereocenters. The van der Waals surface area contributed by atoms with Crippen LogP contribution < -0.4 is 10.6 Å². The summed E-state index contributed by atoms with van der Waals surface area (Å²) in [6.45, 7) is 9.13. The third-order valence-corrected chi connectivity index (χ3v) is 4.75. The van der Waals surface area contributed by atoms with Crippen LogP contribution in [0.2, 0.25) is 0 Å². The van der Waals surface area contributed by atoms with E-state index in [0.29, 0.717) is 6.04 Å². The lowest BCUT2D eigenvalue weighted by Gasteiger charge is -2.18. The van der Waals surface area contributed by atoms with E-state index in [1.165, 1.54) is 25.7 Å². The van der Waals surface area contributed by atoms with Gasteiger partial charge in [-0.15, -0.1) is 34.2 Å². The van der Waals surface area contributed by atoms with Gasteiger partial charge in [0.25, 0.3) is 0 Å². The quantitative estimate of drug-likeness (QED) is 0.189. The summed E-state index contributed by atoms with van der Waals surface area (Å²) in [6, 6.07) is 0.444. The van der Waals surface area contributed by atoms with Gasteiger partial charge >= 0.3 is 0 Å². The summed E-state index contributed by atoms with van der Waals surface area (Å²) in [5, 5.41) is 15.1. The Morgan fingerprint density at radius 2 is 2.12 bits per heavy atom. The second-order valence-electron chi connectivity index (χ2n) is 6.34. The number of halogens is 1. The first-order valence-corrected chi connectivity index (χ1v) is 11.0. The van der Waals surface area contributed by atoms with Crippen molar-refractivity contribution in [1.29, 1.82) is 0 Å². The smallest absolute Gasteiger partial charge is 0.191 e. The van der Waals surface area contributed by atoms with Crippen molar-refractivity contribution in [2.45, 2.75) is 71.9 Å². The Hall–Kier alpha value is -0.510. The maximum atomic E-state index is 4.73. The molecular formula is C18H37IN6S. The number of rotatable bonds is 13. The van der Waals surface area contributed by atoms with Crippen molar-refractivity contribution in [3.63, 3.8) is 0 Å². The Balaban J connectivity index is 0.00000625. The van der Waals surface area contributed by atoms with Gasteiger partial charge in [0.15, 0.2) is 5.96 Å². The molecule has 0 saturated carbocycles. The van der Waals surface area contributed by atoms with E-state index in [1.807, 2.05) is 11.8 Å². The number of thioether (sulfide) groups is 1. The normalized spacial score (nSPS) is 12.5. The van der Waals surface area contributed by atoms with E-state index >= 15 is 0 Å². The number of aromatic nitrogens is 3. The molecule has 1 aromatic heterocycles. The first-order chi connectivity index (χ1) is 12.2. The standard InChI is InChI=1S/C18H36N6S.HI/c1-5-7-8-10-16(3)22-18(19-11-9-14-25-4)20-12-13-24-15-21-23-17(24)6-2;/h15-16H,5-14H2,1-4H3,(H2,19,20,22);1H. The van der Waals surface area contributed by atoms with Gasteiger partial charge in [-0.2, -0.15) is 11.8 Å². The zero-order valence-electron chi connectivity index (χ0n) is 16.8. The lowest BCUT2D eigenvalue weighted by atomic mass is 10.1. The molecule has 8 heteroatoms. The molecule has 0 spiro atoms. The van der Waals surface area contributed by atoms with Crippen LogP contribution >= 0.6 is 35.7 Å². The Kier molecular flexibility index (Phi) is 16.3. The van der Waals surface area contributed by atoms with Crippen molar-refractivity contribution in [2.24, 2.45) is 4.99 Å². The van der Waals surface area contributed by atoms with Gasteiger partial charge < -0.3 is 15.2 Å². The lowest BCUT2D eigenvalue weighted by molar-refractivity contribution is 0.542. The number of hydrogen-bond acceptors (Lipinski definition) is 4. The third kappa shape index (κ3) is 11.3. The molecule has 6 nitrogen and oxygen atoms in total. The number of guanidine groups is 1. The predicted molar refractivity (Wildman–Crippen MR) is 125 cm³/mol. The highest BCUT2D eigenvalue weighted by Gasteiger charge is 2.06. The topological polar surface area (TPSA) is 67.1 Å². The Morgan fingerprint density at radius 1 is 1.31 bits per heavy atom. The maximum Gasteiger partial charge on any atom is 0.191 e. The molecule has 0 aliphatic carbocycles. The highest BCUT2D eigenvalue weighted by Crippen LogP contribution is 2.03. The molecule has 0 saturated heterocycles. The Morgan fingerprint density at radius 3 is 2.81 bits per heavy atom. The average Bonchev–Trinajstić information content (AvgIpc) is 3.06. The van der Waals surface area contributed by atoms with Gasteiger partial charge in [-0.3, -0.25) is 4.99 Å². The van der Waals surface area contributed by atoms with E-state index in [1.54, 1.807) is 6.33 Å². The number of aliphatic imine (C=N–C) groups is 1. The molecule has 2 N–H and O–H groups in total. The maximum absolute atomic E-state index is 4.73. The summed E-state index contributed by atoms with van der Waals surface area (Å²) in [5.74, 6) is 3.11. The summed E-state index contributed by atoms with van der Waals surface area (Å²) < 4.78 is 2.10. The van der Waals surface area contributed by atoms with Crippen molar-refractivity contribution in [3.05, 3.63) is 12.2 Å². The van der Waals surface area contributed by atoms with Crippen molar-refractivity contribution in [1.82, 2.24) is 25.4 Å². The second kappa shape index (κ2) is 16.6. The number of nitrogens with one attached hydrogen (secondary N) is 2. The van der Waals surface area contributed by atoms with Crippen molar-refractivity contribution in [3.8, 4) is 0 Å². The highest BCUT2D eigenvalue weighted by molar-refractivity contribution is 14.0. The molecule has 0 fully saturated rings. The van der Waals surface area contributed by atoms with Crippen LogP contribution in [0.1, 0.15) is 58.7 Å². The van der Waals surface area contributed by atoms with Crippen LogP contribution in [0, 0.1) is 0 Å². The fourth-order valence-corrected chi connectivity index (χ4v) is 3.01. The first kappa shape index (κ1) is 25.5. The van der Waals surface area contributed by atoms with Gasteiger partial charge in [0.2, 0.25) is 0 Å². The fourth-order valence-electron chi connectivity index (χ4n) is 2.59. The van der Waals surface area contributed by atoms with Gasteiger partial charge in [0.05, 0.1) is 0 Å². The van der Waals surface area contributed by atoms with E-state index in [4.69, 9.17) is 4.99 Å². The summed E-state index contributed by atoms with van der Waals surface area (Å²) in [6.07, 6.45) is 11.0. The van der Waals surface area contributed by atoms with Crippen LogP contribution in [0.4, 0.5) is 0 Å². The van der Waals surface area contributed by atoms with E-state index < -0.39 is 0 Å². The van der Waals surface area contributed by atoms with E-state index in [2.05, 4.69) is 52.4 Å². The van der Waals surface area contributed by atoms with Crippen LogP contribution in [0.15, 0.2) is 11.3 Å². The molecule has 26 heavy (non-hydrogen) atoms. The predicted octanol–water partition coefficient (Wildman–Crippen LogP) is 3.72. The average molecular weight is 497 g/mol. The minimum atomic E-state index is 0. The molecule has 152 valence electrons. The molecule has 0 aromatic carbocycles. The molecule has 0 amide bonds. The van der Waals surface area contributed by atoms with Crippen LogP contribution in [-0.2, 0) is 13.0 Å². The van der Waals surface area contributed by atoms with Crippen molar-refractivity contribution in [2.75, 3.05) is 25.1 Å². The minimum absolute atomic E-state index is 0. The molecule has 0 aliphatic heterocycles. The van der Waals surface area contributed by atoms with E-state index in [9.17, 15) is 0 Å². The van der Waals surface area contributed by atoms with Gasteiger partial charge in [0.1, 0.15) is 12.2 Å². The van der Waals surface area contributed by atoms with E-state index in [-0.39, 0.29) is 24.0 Å². The van der Waals surface area contributed by atoms with E-state index in [0.717, 1.165) is 50.0 Å². The molecule has 1 rings (SSSR count). The molecule has 1 aromatic rings. The highest BCUT2D eigenvalue weighted by atomic mass is 127. The summed E-state index contributed by atoms with van der Waals surface area (Å²) in [5.41, 5.74) is 0. The number of aryl methyl sites for hydroxylation is 1. The van der Waals surface area contributed by atoms with Crippen LogP contribution in [0.3, 0.4) is 0 Å². The summed E-state index contributed by atoms with van der Waals surface area (Å²) in [4.78, 5) is 4.73. The third-order valence-electron chi connectivity index (χ3n) is 4.06. The van der Waals surface area contributed by atoms with Crippen molar-refractivity contribution < 1.29 is 0 Å². The molecule has 1 heterocycles. The number of unbranched alkanes of at least 4 members (excludes halogenated alkanes) is 2. The number of hydrogen-bond donors (Lipinski definition) is 2. The van der Waals surface area contributed by atoms with Gasteiger partial charge in [0, 0.05) is 32.1 Å². The molecular weight excluding hydrogens is 459 g/mol.